The number of aromatic nitrogens is 2. The van der Waals surface area contributed by atoms with Crippen LogP contribution >= 0.6 is 0 Å². The number of nitrogens with two attached hydrogens (primary N) is 1. The Bertz CT molecular complexity index is 1220. The molecular formula is C26H31N5O4. The Hall–Kier alpha value is -3.59. The lowest BCUT2D eigenvalue weighted by molar-refractivity contribution is 0.0833. The number of β-amino-alcohol motifs (C(OH)–C–C–N with tert-alkyl or cyclic N) is 1. The van der Waals surface area contributed by atoms with Crippen molar-refractivity contribution >= 4 is 11.7 Å². The van der Waals surface area contributed by atoms with Crippen LogP contribution in [0.3, 0.4) is 0 Å². The van der Waals surface area contributed by atoms with Gasteiger partial charge in [-0.3, -0.25) is 0 Å². The number of ether oxygens (including phenoxy) is 1. The first kappa shape index (κ1) is 23.2. The number of fused-ring (bicyclic) bond motifs is 1. The van der Waals surface area contributed by atoms with Gasteiger partial charge in [0.1, 0.15) is 5.75 Å². The number of aliphatic hydroxyl groups is 1. The molecule has 2 aromatic carbocycles. The second-order valence-electron chi connectivity index (χ2n) is 9.50. The average molecular weight is 478 g/mol. The lowest BCUT2D eigenvalue weighted by atomic mass is 10.0. The maximum atomic E-state index is 12.8. The highest BCUT2D eigenvalue weighted by atomic mass is 16.5. The minimum absolute atomic E-state index is 0.0263. The highest BCUT2D eigenvalue weighted by Crippen LogP contribution is 2.38. The quantitative estimate of drug-likeness (QED) is 0.475. The van der Waals surface area contributed by atoms with Crippen LogP contribution in [0.25, 0.3) is 22.8 Å². The number of nitrogen functional groups attached to an aromatic ring is 1. The largest absolute Gasteiger partial charge is 0.489 e. The van der Waals surface area contributed by atoms with Crippen molar-refractivity contribution in [1.29, 1.82) is 0 Å². The van der Waals surface area contributed by atoms with E-state index in [0.29, 0.717) is 36.2 Å². The number of hydrogen-bond acceptors (Lipinski definition) is 7. The number of rotatable bonds is 5. The zero-order valence-corrected chi connectivity index (χ0v) is 20.0. The molecule has 4 N–H and O–H groups in total. The molecule has 0 bridgehead atoms. The first-order valence-corrected chi connectivity index (χ1v) is 12.1. The third-order valence-electron chi connectivity index (χ3n) is 6.54. The normalized spacial score (nSPS) is 19.6. The van der Waals surface area contributed by atoms with E-state index in [1.807, 2.05) is 44.2 Å². The third kappa shape index (κ3) is 4.81. The number of benzene rings is 2. The molecule has 2 amide bonds. The van der Waals surface area contributed by atoms with Crippen LogP contribution in [0.1, 0.15) is 50.3 Å². The lowest BCUT2D eigenvalue weighted by Crippen LogP contribution is -2.47. The molecule has 0 spiro atoms. The molecule has 1 aromatic heterocycles. The summed E-state index contributed by atoms with van der Waals surface area (Å²) in [6.07, 6.45) is 2.75. The highest BCUT2D eigenvalue weighted by molar-refractivity contribution is 5.76. The van der Waals surface area contributed by atoms with E-state index in [9.17, 15) is 9.90 Å². The van der Waals surface area contributed by atoms with E-state index >= 15 is 0 Å². The predicted octanol–water partition coefficient (Wildman–Crippen LogP) is 3.93. The van der Waals surface area contributed by atoms with Gasteiger partial charge in [-0.15, -0.1) is 0 Å². The molecule has 1 aliphatic carbocycles. The van der Waals surface area contributed by atoms with E-state index in [2.05, 4.69) is 15.5 Å². The average Bonchev–Trinajstić information content (AvgIpc) is 3.48. The van der Waals surface area contributed by atoms with Crippen molar-refractivity contribution in [1.82, 2.24) is 20.4 Å². The van der Waals surface area contributed by atoms with E-state index in [1.54, 1.807) is 11.0 Å². The summed E-state index contributed by atoms with van der Waals surface area (Å²) in [7, 11) is 0. The van der Waals surface area contributed by atoms with Crippen LogP contribution in [0, 0.1) is 0 Å². The van der Waals surface area contributed by atoms with Gasteiger partial charge in [0.05, 0.1) is 23.9 Å². The molecule has 0 saturated carbocycles. The summed E-state index contributed by atoms with van der Waals surface area (Å²) < 4.78 is 11.3. The predicted molar refractivity (Wildman–Crippen MR) is 132 cm³/mol. The van der Waals surface area contributed by atoms with Crippen molar-refractivity contribution in [2.75, 3.05) is 18.8 Å². The topological polar surface area (TPSA) is 127 Å². The standard InChI is InChI=1S/C26H31N5O4/c1-15(2)34-23-11-8-16(13-21(23)27)25-29-24(30-35-25)20-7-3-6-19-18(20)9-10-22(19)28-26(33)31-12-4-5-17(32)14-31/h3,6-8,11,13,15,17,22,32H,4-5,9-10,12,14,27H2,1-2H3,(H,28,33)/t17-,22-/m0/s1. The smallest absolute Gasteiger partial charge is 0.317 e. The molecule has 9 heteroatoms. The monoisotopic (exact) mass is 477 g/mol. The van der Waals surface area contributed by atoms with E-state index in [0.717, 1.165) is 47.9 Å². The van der Waals surface area contributed by atoms with Gasteiger partial charge >= 0.3 is 6.03 Å². The number of nitrogens with one attached hydrogen (secondary N) is 1. The maximum Gasteiger partial charge on any atom is 0.317 e. The van der Waals surface area contributed by atoms with Crippen LogP contribution in [-0.2, 0) is 6.42 Å². The summed E-state index contributed by atoms with van der Waals surface area (Å²) >= 11 is 0. The molecule has 35 heavy (non-hydrogen) atoms. The number of nitrogens with zero attached hydrogens (tertiary/aromatic N) is 3. The number of hydrogen-bond donors (Lipinski definition) is 3. The Kier molecular flexibility index (Phi) is 6.34. The Labute approximate surface area is 204 Å². The molecule has 1 saturated heterocycles. The molecule has 1 aliphatic heterocycles. The summed E-state index contributed by atoms with van der Waals surface area (Å²) in [5.74, 6) is 1.51. The Balaban J connectivity index is 1.34. The molecule has 2 atom stereocenters. The molecule has 5 rings (SSSR count). The number of piperidine rings is 1. The second-order valence-corrected chi connectivity index (χ2v) is 9.50. The number of amides is 2. The van der Waals surface area contributed by atoms with Crippen molar-refractivity contribution in [3.63, 3.8) is 0 Å². The molecule has 2 aliphatic rings. The second kappa shape index (κ2) is 9.58. The van der Waals surface area contributed by atoms with Crippen LogP contribution in [0.2, 0.25) is 0 Å². The van der Waals surface area contributed by atoms with Crippen molar-refractivity contribution in [2.24, 2.45) is 0 Å². The number of carbonyl (C=O) groups is 1. The summed E-state index contributed by atoms with van der Waals surface area (Å²) in [5, 5.41) is 17.3. The minimum atomic E-state index is -0.446. The molecule has 184 valence electrons. The van der Waals surface area contributed by atoms with Gasteiger partial charge in [0, 0.05) is 24.2 Å². The van der Waals surface area contributed by atoms with E-state index in [4.69, 9.17) is 15.0 Å². The van der Waals surface area contributed by atoms with E-state index in [-0.39, 0.29) is 18.2 Å². The first-order chi connectivity index (χ1) is 16.9. The number of aliphatic hydroxyl groups excluding tert-OH is 1. The molecule has 2 heterocycles. The fourth-order valence-corrected chi connectivity index (χ4v) is 4.89. The zero-order chi connectivity index (χ0) is 24.5. The molecule has 1 fully saturated rings. The maximum absolute atomic E-state index is 12.8. The van der Waals surface area contributed by atoms with Gasteiger partial charge in [0.2, 0.25) is 5.82 Å². The number of anilines is 1. The zero-order valence-electron chi connectivity index (χ0n) is 20.0. The minimum Gasteiger partial charge on any atom is -0.489 e. The van der Waals surface area contributed by atoms with Gasteiger partial charge < -0.3 is 30.3 Å². The molecule has 3 aromatic rings. The summed E-state index contributed by atoms with van der Waals surface area (Å²) in [5.41, 5.74) is 10.5. The Morgan fingerprint density at radius 2 is 2.14 bits per heavy atom. The third-order valence-corrected chi connectivity index (χ3v) is 6.54. The van der Waals surface area contributed by atoms with Gasteiger partial charge in [0.15, 0.2) is 0 Å². The molecule has 0 radical (unpaired) electrons. The van der Waals surface area contributed by atoms with Crippen LogP contribution < -0.4 is 15.8 Å². The van der Waals surface area contributed by atoms with Gasteiger partial charge in [-0.05, 0) is 68.9 Å². The number of urea groups is 1. The summed E-state index contributed by atoms with van der Waals surface area (Å²) in [6.45, 7) is 4.95. The first-order valence-electron chi connectivity index (χ1n) is 12.1. The van der Waals surface area contributed by atoms with E-state index in [1.165, 1.54) is 0 Å². The number of carbonyl (C=O) groups excluding carboxylic acids is 1. The molecule has 9 nitrogen and oxygen atoms in total. The van der Waals surface area contributed by atoms with Crippen molar-refractivity contribution in [3.8, 4) is 28.6 Å². The van der Waals surface area contributed by atoms with Crippen LogP contribution in [-0.4, -0.2) is 51.5 Å². The van der Waals surface area contributed by atoms with Crippen molar-refractivity contribution in [2.45, 2.75) is 57.8 Å². The Morgan fingerprint density at radius 3 is 2.91 bits per heavy atom. The van der Waals surface area contributed by atoms with Gasteiger partial charge in [-0.25, -0.2) is 4.79 Å². The van der Waals surface area contributed by atoms with Crippen molar-refractivity contribution < 1.29 is 19.2 Å². The van der Waals surface area contributed by atoms with Crippen LogP contribution in [0.15, 0.2) is 40.9 Å². The highest BCUT2D eigenvalue weighted by Gasteiger charge is 2.30. The fraction of sp³-hybridized carbons (Fsp3) is 0.423. The molecular weight excluding hydrogens is 446 g/mol. The summed E-state index contributed by atoms with van der Waals surface area (Å²) in [6, 6.07) is 11.2. The van der Waals surface area contributed by atoms with Crippen molar-refractivity contribution in [3.05, 3.63) is 47.5 Å². The van der Waals surface area contributed by atoms with Crippen LogP contribution in [0.5, 0.6) is 5.75 Å². The van der Waals surface area contributed by atoms with Gasteiger partial charge in [-0.2, -0.15) is 4.98 Å². The fourth-order valence-electron chi connectivity index (χ4n) is 4.89. The van der Waals surface area contributed by atoms with Gasteiger partial charge in [-0.1, -0.05) is 23.4 Å². The molecule has 0 unspecified atom stereocenters. The lowest BCUT2D eigenvalue weighted by Gasteiger charge is -2.31. The number of likely N-dealkylation sites (tertiary alicyclic amines) is 1. The van der Waals surface area contributed by atoms with Crippen LogP contribution in [0.4, 0.5) is 10.5 Å². The SMILES string of the molecule is CC(C)Oc1ccc(-c2nc(-c3cccc4c3CC[C@@H]4NC(=O)N3CCC[C@H](O)C3)no2)cc1N. The Morgan fingerprint density at radius 1 is 1.29 bits per heavy atom. The van der Waals surface area contributed by atoms with E-state index < -0.39 is 6.10 Å². The summed E-state index contributed by atoms with van der Waals surface area (Å²) in [4.78, 5) is 19.1. The van der Waals surface area contributed by atoms with Gasteiger partial charge in [0.25, 0.3) is 5.89 Å².